The second-order valence-electron chi connectivity index (χ2n) is 5.92. The highest BCUT2D eigenvalue weighted by molar-refractivity contribution is 7.89. The molecule has 0 amide bonds. The standard InChI is InChI=1S/C14H21ClN2O3S/c1-10-4-6-14(18,7-5-10)9-17-21(19,20)13-3-2-11(16)8-12(13)15/h2-3,8,10,17-18H,4-7,9,16H2,1H3. The monoisotopic (exact) mass is 332 g/mol. The zero-order valence-corrected chi connectivity index (χ0v) is 13.5. The maximum absolute atomic E-state index is 12.3. The molecule has 0 spiro atoms. The first kappa shape index (κ1) is 16.5. The summed E-state index contributed by atoms with van der Waals surface area (Å²) in [6.45, 7) is 2.14. The van der Waals surface area contributed by atoms with Crippen molar-refractivity contribution in [1.82, 2.24) is 4.72 Å². The summed E-state index contributed by atoms with van der Waals surface area (Å²) in [6.07, 6.45) is 3.01. The average molecular weight is 333 g/mol. The van der Waals surface area contributed by atoms with Crippen molar-refractivity contribution in [2.45, 2.75) is 43.1 Å². The van der Waals surface area contributed by atoms with Gasteiger partial charge in [0.15, 0.2) is 0 Å². The van der Waals surface area contributed by atoms with Gasteiger partial charge in [0.2, 0.25) is 10.0 Å². The molecule has 1 aliphatic carbocycles. The van der Waals surface area contributed by atoms with Gasteiger partial charge in [-0.25, -0.2) is 13.1 Å². The molecule has 0 unspecified atom stereocenters. The molecule has 21 heavy (non-hydrogen) atoms. The molecular weight excluding hydrogens is 312 g/mol. The Labute approximate surface area is 130 Å². The summed E-state index contributed by atoms with van der Waals surface area (Å²) in [5, 5.41) is 10.5. The van der Waals surface area contributed by atoms with Gasteiger partial charge in [-0.2, -0.15) is 0 Å². The highest BCUT2D eigenvalue weighted by atomic mass is 35.5. The van der Waals surface area contributed by atoms with Crippen molar-refractivity contribution in [2.75, 3.05) is 12.3 Å². The third-order valence-electron chi connectivity index (χ3n) is 4.04. The number of benzene rings is 1. The van der Waals surface area contributed by atoms with E-state index in [1.54, 1.807) is 0 Å². The van der Waals surface area contributed by atoms with E-state index >= 15 is 0 Å². The first-order valence-corrected chi connectivity index (χ1v) is 8.85. The Kier molecular flexibility index (Phi) is 4.82. The van der Waals surface area contributed by atoms with E-state index in [1.165, 1.54) is 18.2 Å². The molecule has 0 heterocycles. The number of hydrogen-bond donors (Lipinski definition) is 3. The van der Waals surface area contributed by atoms with Crippen molar-refractivity contribution in [3.05, 3.63) is 23.2 Å². The van der Waals surface area contributed by atoms with Crippen LogP contribution in [0, 0.1) is 5.92 Å². The number of halogens is 1. The summed E-state index contributed by atoms with van der Waals surface area (Å²) in [4.78, 5) is -0.0221. The Hall–Kier alpha value is -0.820. The fourth-order valence-electron chi connectivity index (χ4n) is 2.52. The van der Waals surface area contributed by atoms with Gasteiger partial charge in [-0.3, -0.25) is 0 Å². The lowest BCUT2D eigenvalue weighted by atomic mass is 9.80. The maximum atomic E-state index is 12.3. The van der Waals surface area contributed by atoms with Gasteiger partial charge >= 0.3 is 0 Å². The maximum Gasteiger partial charge on any atom is 0.242 e. The van der Waals surface area contributed by atoms with Crippen molar-refractivity contribution in [3.8, 4) is 0 Å². The van der Waals surface area contributed by atoms with Gasteiger partial charge in [-0.1, -0.05) is 18.5 Å². The average Bonchev–Trinajstić information content (AvgIpc) is 2.40. The van der Waals surface area contributed by atoms with E-state index in [0.717, 1.165) is 12.8 Å². The van der Waals surface area contributed by atoms with Crippen molar-refractivity contribution >= 4 is 27.3 Å². The minimum Gasteiger partial charge on any atom is -0.399 e. The molecule has 0 aliphatic heterocycles. The highest BCUT2D eigenvalue weighted by Crippen LogP contribution is 2.32. The number of nitrogens with two attached hydrogens (primary N) is 1. The SMILES string of the molecule is CC1CCC(O)(CNS(=O)(=O)c2ccc(N)cc2Cl)CC1. The van der Waals surface area contributed by atoms with Crippen LogP contribution >= 0.6 is 11.6 Å². The summed E-state index contributed by atoms with van der Waals surface area (Å²) in [6, 6.07) is 4.25. The molecule has 7 heteroatoms. The first-order chi connectivity index (χ1) is 9.72. The molecule has 0 bridgehead atoms. The van der Waals surface area contributed by atoms with E-state index < -0.39 is 15.6 Å². The largest absolute Gasteiger partial charge is 0.399 e. The van der Waals surface area contributed by atoms with Crippen LogP contribution in [0.2, 0.25) is 5.02 Å². The minimum atomic E-state index is -3.76. The molecule has 4 N–H and O–H groups in total. The number of nitrogen functional groups attached to an aromatic ring is 1. The van der Waals surface area contributed by atoms with Crippen LogP contribution in [0.5, 0.6) is 0 Å². The molecular formula is C14H21ClN2O3S. The lowest BCUT2D eigenvalue weighted by molar-refractivity contribution is -0.00182. The number of hydrogen-bond acceptors (Lipinski definition) is 4. The van der Waals surface area contributed by atoms with E-state index in [2.05, 4.69) is 11.6 Å². The third kappa shape index (κ3) is 4.10. The molecule has 5 nitrogen and oxygen atoms in total. The van der Waals surface area contributed by atoms with Gasteiger partial charge in [0.05, 0.1) is 10.6 Å². The Morgan fingerprint density at radius 2 is 2.05 bits per heavy atom. The summed E-state index contributed by atoms with van der Waals surface area (Å²) in [5.74, 6) is 0.577. The van der Waals surface area contributed by atoms with Crippen LogP contribution in [0.4, 0.5) is 5.69 Å². The molecule has 0 aromatic heterocycles. The van der Waals surface area contributed by atoms with Crippen LogP contribution in [-0.4, -0.2) is 25.7 Å². The van der Waals surface area contributed by atoms with Crippen LogP contribution < -0.4 is 10.5 Å². The molecule has 0 saturated heterocycles. The Bertz CT molecular complexity index is 611. The van der Waals surface area contributed by atoms with Gasteiger partial charge in [-0.05, 0) is 49.8 Å². The molecule has 118 valence electrons. The first-order valence-electron chi connectivity index (χ1n) is 6.99. The molecule has 1 saturated carbocycles. The molecule has 1 aromatic carbocycles. The van der Waals surface area contributed by atoms with Gasteiger partial charge in [0.25, 0.3) is 0 Å². The highest BCUT2D eigenvalue weighted by Gasteiger charge is 2.33. The van der Waals surface area contributed by atoms with Gasteiger partial charge in [0.1, 0.15) is 4.90 Å². The number of rotatable bonds is 4. The summed E-state index contributed by atoms with van der Waals surface area (Å²) in [5.41, 5.74) is 4.99. The topological polar surface area (TPSA) is 92.4 Å². The Balaban J connectivity index is 2.08. The number of anilines is 1. The van der Waals surface area contributed by atoms with Crippen LogP contribution in [0.25, 0.3) is 0 Å². The van der Waals surface area contributed by atoms with Crippen LogP contribution in [-0.2, 0) is 10.0 Å². The van der Waals surface area contributed by atoms with Crippen molar-refractivity contribution in [3.63, 3.8) is 0 Å². The normalized spacial score (nSPS) is 26.7. The number of sulfonamides is 1. The molecule has 2 rings (SSSR count). The van der Waals surface area contributed by atoms with Crippen molar-refractivity contribution in [2.24, 2.45) is 5.92 Å². The van der Waals surface area contributed by atoms with E-state index in [4.69, 9.17) is 17.3 Å². The molecule has 0 radical (unpaired) electrons. The number of nitrogens with one attached hydrogen (secondary N) is 1. The predicted molar refractivity (Wildman–Crippen MR) is 83.6 cm³/mol. The lowest BCUT2D eigenvalue weighted by Gasteiger charge is -2.34. The van der Waals surface area contributed by atoms with Crippen molar-refractivity contribution < 1.29 is 13.5 Å². The predicted octanol–water partition coefficient (Wildman–Crippen LogP) is 2.14. The zero-order valence-electron chi connectivity index (χ0n) is 12.0. The van der Waals surface area contributed by atoms with E-state index in [9.17, 15) is 13.5 Å². The van der Waals surface area contributed by atoms with Gasteiger partial charge < -0.3 is 10.8 Å². The third-order valence-corrected chi connectivity index (χ3v) is 5.93. The smallest absolute Gasteiger partial charge is 0.242 e. The van der Waals surface area contributed by atoms with E-state index in [0.29, 0.717) is 24.4 Å². The molecule has 1 aromatic rings. The second kappa shape index (κ2) is 6.12. The molecule has 0 atom stereocenters. The van der Waals surface area contributed by atoms with Crippen LogP contribution in [0.1, 0.15) is 32.6 Å². The Morgan fingerprint density at radius 3 is 2.62 bits per heavy atom. The fraction of sp³-hybridized carbons (Fsp3) is 0.571. The van der Waals surface area contributed by atoms with E-state index in [1.807, 2.05) is 0 Å². The van der Waals surface area contributed by atoms with Crippen LogP contribution in [0.15, 0.2) is 23.1 Å². The summed E-state index contributed by atoms with van der Waals surface area (Å²) in [7, 11) is -3.76. The van der Waals surface area contributed by atoms with Crippen LogP contribution in [0.3, 0.4) is 0 Å². The van der Waals surface area contributed by atoms with Gasteiger partial charge in [-0.15, -0.1) is 0 Å². The van der Waals surface area contributed by atoms with Gasteiger partial charge in [0, 0.05) is 12.2 Å². The Morgan fingerprint density at radius 1 is 1.43 bits per heavy atom. The van der Waals surface area contributed by atoms with Crippen molar-refractivity contribution in [1.29, 1.82) is 0 Å². The summed E-state index contributed by atoms with van der Waals surface area (Å²) >= 11 is 5.93. The van der Waals surface area contributed by atoms with E-state index in [-0.39, 0.29) is 16.5 Å². The molecule has 1 aliphatic rings. The fourth-order valence-corrected chi connectivity index (χ4v) is 4.19. The minimum absolute atomic E-state index is 0.00274. The lowest BCUT2D eigenvalue weighted by Crippen LogP contribution is -2.45. The zero-order chi connectivity index (χ0) is 15.7. The quantitative estimate of drug-likeness (QED) is 0.736. The number of aliphatic hydroxyl groups is 1. The molecule has 1 fully saturated rings. The second-order valence-corrected chi connectivity index (χ2v) is 8.06. The summed E-state index contributed by atoms with van der Waals surface area (Å²) < 4.78 is 27.0.